The second-order valence-electron chi connectivity index (χ2n) is 5.56. The summed E-state index contributed by atoms with van der Waals surface area (Å²) in [5, 5.41) is 6.03. The summed E-state index contributed by atoms with van der Waals surface area (Å²) in [5.41, 5.74) is -0.826. The van der Waals surface area contributed by atoms with Gasteiger partial charge in [0.25, 0.3) is 5.56 Å². The van der Waals surface area contributed by atoms with Crippen LogP contribution in [0.5, 0.6) is 0 Å². The molecule has 2 aromatic rings. The average molecular weight is 375 g/mol. The molecule has 3 heterocycles. The number of aromatic nitrogens is 4. The highest BCUT2D eigenvalue weighted by Crippen LogP contribution is 2.30. The minimum Gasteiger partial charge on any atom is -0.366 e. The fourth-order valence-corrected chi connectivity index (χ4v) is 2.92. The summed E-state index contributed by atoms with van der Waals surface area (Å²) >= 11 is 5.98. The molecule has 7 nitrogen and oxygen atoms in total. The van der Waals surface area contributed by atoms with Gasteiger partial charge >= 0.3 is 6.18 Å². The van der Waals surface area contributed by atoms with E-state index in [0.29, 0.717) is 31.9 Å². The number of aromatic amines is 1. The molecule has 25 heavy (non-hydrogen) atoms. The fourth-order valence-electron chi connectivity index (χ4n) is 2.71. The lowest BCUT2D eigenvalue weighted by molar-refractivity contribution is -0.142. The van der Waals surface area contributed by atoms with Crippen LogP contribution in [0, 0.1) is 0 Å². The van der Waals surface area contributed by atoms with Gasteiger partial charge in [-0.3, -0.25) is 9.69 Å². The number of alkyl halides is 3. The third kappa shape index (κ3) is 3.90. The van der Waals surface area contributed by atoms with Gasteiger partial charge in [-0.05, 0) is 0 Å². The zero-order valence-electron chi connectivity index (χ0n) is 12.9. The molecule has 0 saturated carbocycles. The predicted octanol–water partition coefficient (Wildman–Crippen LogP) is 1.55. The van der Waals surface area contributed by atoms with Crippen LogP contribution in [-0.4, -0.2) is 51.2 Å². The maximum absolute atomic E-state index is 13.0. The van der Waals surface area contributed by atoms with Crippen molar-refractivity contribution in [2.24, 2.45) is 0 Å². The predicted molar refractivity (Wildman–Crippen MR) is 84.4 cm³/mol. The minimum absolute atomic E-state index is 0.0410. The molecule has 0 aromatic carbocycles. The van der Waals surface area contributed by atoms with Gasteiger partial charge in [0.2, 0.25) is 0 Å². The summed E-state index contributed by atoms with van der Waals surface area (Å²) in [6, 6.07) is 0. The molecule has 0 spiro atoms. The smallest absolute Gasteiger partial charge is 0.366 e. The standard InChI is InChI=1S/C14H14ClF3N6O/c15-11-10(6-21-22-13(11)25)24-3-1-23(2-4-24)7-9-5-19-8-20-12(9)14(16,17)18/h5-6,8H,1-4,7H2,(H,22,25). The molecule has 0 atom stereocenters. The van der Waals surface area contributed by atoms with E-state index in [4.69, 9.17) is 11.6 Å². The number of anilines is 1. The molecule has 0 unspecified atom stereocenters. The Bertz CT molecular complexity index is 804. The molecule has 0 aliphatic carbocycles. The lowest BCUT2D eigenvalue weighted by Gasteiger charge is -2.36. The van der Waals surface area contributed by atoms with Crippen LogP contribution in [0.15, 0.2) is 23.5 Å². The van der Waals surface area contributed by atoms with Gasteiger partial charge < -0.3 is 4.90 Å². The number of hydrogen-bond donors (Lipinski definition) is 1. The van der Waals surface area contributed by atoms with E-state index in [1.807, 2.05) is 9.80 Å². The van der Waals surface area contributed by atoms with Crippen LogP contribution in [0.1, 0.15) is 11.3 Å². The molecule has 3 rings (SSSR count). The van der Waals surface area contributed by atoms with Gasteiger partial charge in [0.15, 0.2) is 5.69 Å². The molecule has 0 radical (unpaired) electrons. The van der Waals surface area contributed by atoms with E-state index >= 15 is 0 Å². The van der Waals surface area contributed by atoms with Crippen molar-refractivity contribution in [1.82, 2.24) is 25.1 Å². The average Bonchev–Trinajstić information content (AvgIpc) is 2.58. The topological polar surface area (TPSA) is 78.0 Å². The number of hydrogen-bond acceptors (Lipinski definition) is 6. The molecule has 134 valence electrons. The Morgan fingerprint density at radius 2 is 1.92 bits per heavy atom. The van der Waals surface area contributed by atoms with Crippen LogP contribution in [-0.2, 0) is 12.7 Å². The lowest BCUT2D eigenvalue weighted by atomic mass is 10.2. The molecular formula is C14H14ClF3N6O. The first-order chi connectivity index (χ1) is 11.9. The van der Waals surface area contributed by atoms with Crippen molar-refractivity contribution < 1.29 is 13.2 Å². The minimum atomic E-state index is -4.51. The molecule has 11 heteroatoms. The van der Waals surface area contributed by atoms with Gasteiger partial charge in [0.1, 0.15) is 11.3 Å². The zero-order valence-corrected chi connectivity index (χ0v) is 13.7. The summed E-state index contributed by atoms with van der Waals surface area (Å²) in [6.45, 7) is 2.15. The van der Waals surface area contributed by atoms with Crippen LogP contribution in [0.3, 0.4) is 0 Å². The first-order valence-corrected chi connectivity index (χ1v) is 7.80. The molecule has 0 amide bonds. The number of piperazine rings is 1. The van der Waals surface area contributed by atoms with E-state index in [0.717, 1.165) is 6.33 Å². The van der Waals surface area contributed by atoms with Crippen LogP contribution in [0.25, 0.3) is 0 Å². The van der Waals surface area contributed by atoms with Crippen molar-refractivity contribution in [2.45, 2.75) is 12.7 Å². The van der Waals surface area contributed by atoms with Gasteiger partial charge in [-0.2, -0.15) is 18.3 Å². The largest absolute Gasteiger partial charge is 0.433 e. The van der Waals surface area contributed by atoms with Gasteiger partial charge in [-0.25, -0.2) is 15.1 Å². The molecule has 1 saturated heterocycles. The fraction of sp³-hybridized carbons (Fsp3) is 0.429. The van der Waals surface area contributed by atoms with Gasteiger partial charge in [-0.15, -0.1) is 0 Å². The van der Waals surface area contributed by atoms with E-state index in [1.54, 1.807) is 0 Å². The summed E-state index contributed by atoms with van der Waals surface area (Å²) < 4.78 is 39.0. The molecule has 1 aliphatic rings. The molecule has 1 fully saturated rings. The highest BCUT2D eigenvalue weighted by atomic mass is 35.5. The van der Waals surface area contributed by atoms with Crippen molar-refractivity contribution in [2.75, 3.05) is 31.1 Å². The summed E-state index contributed by atoms with van der Waals surface area (Å²) in [7, 11) is 0. The number of halogens is 4. The van der Waals surface area contributed by atoms with Crippen molar-refractivity contribution in [1.29, 1.82) is 0 Å². The van der Waals surface area contributed by atoms with Crippen LogP contribution in [0.2, 0.25) is 5.02 Å². The monoisotopic (exact) mass is 374 g/mol. The van der Waals surface area contributed by atoms with Crippen LogP contribution < -0.4 is 10.5 Å². The number of nitrogens with one attached hydrogen (secondary N) is 1. The number of rotatable bonds is 3. The summed E-state index contributed by atoms with van der Waals surface area (Å²) in [5.74, 6) is 0. The second kappa shape index (κ2) is 6.96. The second-order valence-corrected chi connectivity index (χ2v) is 5.93. The Morgan fingerprint density at radius 1 is 1.20 bits per heavy atom. The zero-order chi connectivity index (χ0) is 18.0. The van der Waals surface area contributed by atoms with Crippen LogP contribution in [0.4, 0.5) is 18.9 Å². The number of nitrogens with zero attached hydrogens (tertiary/aromatic N) is 5. The third-order valence-corrected chi connectivity index (χ3v) is 4.31. The Labute approximate surface area is 145 Å². The van der Waals surface area contributed by atoms with Crippen molar-refractivity contribution in [3.63, 3.8) is 0 Å². The Hall–Kier alpha value is -2.20. The normalized spacial score (nSPS) is 16.2. The third-order valence-electron chi connectivity index (χ3n) is 3.94. The SMILES string of the molecule is O=c1[nH]ncc(N2CCN(Cc3cncnc3C(F)(F)F)CC2)c1Cl. The Kier molecular flexibility index (Phi) is 4.91. The lowest BCUT2D eigenvalue weighted by Crippen LogP contribution is -2.46. The molecule has 1 N–H and O–H groups in total. The van der Waals surface area contributed by atoms with Crippen molar-refractivity contribution in [3.8, 4) is 0 Å². The first kappa shape index (κ1) is 17.6. The molecule has 0 bridgehead atoms. The maximum atomic E-state index is 13.0. The van der Waals surface area contributed by atoms with Crippen LogP contribution >= 0.6 is 11.6 Å². The highest BCUT2D eigenvalue weighted by molar-refractivity contribution is 6.32. The molecular weight excluding hydrogens is 361 g/mol. The van der Waals surface area contributed by atoms with E-state index in [-0.39, 0.29) is 17.1 Å². The Morgan fingerprint density at radius 3 is 2.60 bits per heavy atom. The van der Waals surface area contributed by atoms with E-state index in [9.17, 15) is 18.0 Å². The van der Waals surface area contributed by atoms with E-state index in [2.05, 4.69) is 20.2 Å². The van der Waals surface area contributed by atoms with Gasteiger partial charge in [0.05, 0.1) is 11.9 Å². The molecule has 1 aliphatic heterocycles. The van der Waals surface area contributed by atoms with Crippen molar-refractivity contribution in [3.05, 3.63) is 45.4 Å². The van der Waals surface area contributed by atoms with Crippen molar-refractivity contribution >= 4 is 17.3 Å². The first-order valence-electron chi connectivity index (χ1n) is 7.43. The van der Waals surface area contributed by atoms with Gasteiger partial charge in [-0.1, -0.05) is 11.6 Å². The quantitative estimate of drug-likeness (QED) is 0.878. The maximum Gasteiger partial charge on any atom is 0.433 e. The van der Waals surface area contributed by atoms with E-state index in [1.165, 1.54) is 12.4 Å². The van der Waals surface area contributed by atoms with Gasteiger partial charge in [0, 0.05) is 44.5 Å². The number of H-pyrrole nitrogens is 1. The highest BCUT2D eigenvalue weighted by Gasteiger charge is 2.36. The summed E-state index contributed by atoms with van der Waals surface area (Å²) in [6.07, 6.45) is -0.956. The van der Waals surface area contributed by atoms with E-state index < -0.39 is 17.4 Å². The molecule has 2 aromatic heterocycles. The summed E-state index contributed by atoms with van der Waals surface area (Å²) in [4.78, 5) is 22.3. The Balaban J connectivity index is 1.68.